The molecular weight excluding hydrogens is 740 g/mol. The van der Waals surface area contributed by atoms with Crippen LogP contribution in [0.3, 0.4) is 0 Å². The van der Waals surface area contributed by atoms with Gasteiger partial charge in [0.2, 0.25) is 5.91 Å². The Kier molecular flexibility index (Phi) is 17.8. The van der Waals surface area contributed by atoms with Crippen LogP contribution in [0.1, 0.15) is 103 Å². The molecule has 2 amide bonds. The minimum absolute atomic E-state index is 0.00694. The number of hydrogen-bond acceptors (Lipinski definition) is 13. The minimum atomic E-state index is -1.56. The summed E-state index contributed by atoms with van der Waals surface area (Å²) in [5.74, 6) is -3.88. The summed E-state index contributed by atoms with van der Waals surface area (Å²) in [4.78, 5) is 75.5. The second-order valence-electron chi connectivity index (χ2n) is 14.2. The monoisotopic (exact) mass is 796 g/mol. The number of hydrogen-bond donors (Lipinski definition) is 2. The van der Waals surface area contributed by atoms with E-state index in [1.54, 1.807) is 0 Å². The van der Waals surface area contributed by atoms with Crippen molar-refractivity contribution in [3.05, 3.63) is 59.7 Å². The van der Waals surface area contributed by atoms with Crippen LogP contribution < -0.4 is 10.6 Å². The number of amides is 2. The third-order valence-electron chi connectivity index (χ3n) is 9.66. The fourth-order valence-electron chi connectivity index (χ4n) is 7.07. The molecule has 1 aliphatic heterocycles. The van der Waals surface area contributed by atoms with Gasteiger partial charge in [-0.3, -0.25) is 24.0 Å². The van der Waals surface area contributed by atoms with Gasteiger partial charge in [-0.05, 0) is 28.7 Å². The number of carbonyl (C=O) groups excluding carboxylic acids is 6. The summed E-state index contributed by atoms with van der Waals surface area (Å²) in [6, 6.07) is 14.4. The number of ether oxygens (including phenoxy) is 7. The van der Waals surface area contributed by atoms with Gasteiger partial charge in [0.1, 0.15) is 25.4 Å². The lowest BCUT2D eigenvalue weighted by atomic mass is 9.98. The van der Waals surface area contributed by atoms with E-state index in [1.807, 2.05) is 48.5 Å². The predicted octanol–water partition coefficient (Wildman–Crippen LogP) is 5.25. The molecule has 0 unspecified atom stereocenters. The average Bonchev–Trinajstić information content (AvgIpc) is 3.49. The first-order valence-corrected chi connectivity index (χ1v) is 19.7. The number of nitrogens with one attached hydrogen (secondary N) is 2. The molecule has 1 aliphatic carbocycles. The molecule has 0 saturated carbocycles. The summed E-state index contributed by atoms with van der Waals surface area (Å²) in [5, 5.41) is 5.47. The summed E-state index contributed by atoms with van der Waals surface area (Å²) < 4.78 is 39.3. The molecule has 57 heavy (non-hydrogen) atoms. The Morgan fingerprint density at radius 2 is 1.19 bits per heavy atom. The van der Waals surface area contributed by atoms with E-state index in [0.717, 1.165) is 75.6 Å². The number of benzene rings is 2. The maximum Gasteiger partial charge on any atom is 0.407 e. The summed E-state index contributed by atoms with van der Waals surface area (Å²) in [7, 11) is 0. The molecule has 2 aromatic rings. The predicted molar refractivity (Wildman–Crippen MR) is 206 cm³/mol. The fraction of sp³-hybridized carbons (Fsp3) is 0.571. The van der Waals surface area contributed by atoms with E-state index < -0.39 is 85.8 Å². The third-order valence-corrected chi connectivity index (χ3v) is 9.66. The van der Waals surface area contributed by atoms with Gasteiger partial charge in [0.15, 0.2) is 24.6 Å². The lowest BCUT2D eigenvalue weighted by Crippen LogP contribution is -2.63. The van der Waals surface area contributed by atoms with Crippen molar-refractivity contribution in [2.75, 3.05) is 26.4 Å². The van der Waals surface area contributed by atoms with Crippen molar-refractivity contribution in [1.82, 2.24) is 10.6 Å². The highest BCUT2D eigenvalue weighted by molar-refractivity contribution is 5.86. The van der Waals surface area contributed by atoms with Crippen molar-refractivity contribution >= 4 is 35.9 Å². The molecule has 2 aliphatic rings. The van der Waals surface area contributed by atoms with Crippen molar-refractivity contribution in [2.45, 2.75) is 129 Å². The van der Waals surface area contributed by atoms with Crippen molar-refractivity contribution < 1.29 is 61.9 Å². The molecule has 6 atom stereocenters. The Hall–Kier alpha value is -5.02. The van der Waals surface area contributed by atoms with Gasteiger partial charge in [0, 0.05) is 40.2 Å². The van der Waals surface area contributed by atoms with Crippen LogP contribution in [0.15, 0.2) is 48.5 Å². The highest BCUT2D eigenvalue weighted by Crippen LogP contribution is 2.44. The molecule has 0 bridgehead atoms. The average molecular weight is 797 g/mol. The maximum absolute atomic E-state index is 13.7. The van der Waals surface area contributed by atoms with Crippen LogP contribution in [0.25, 0.3) is 11.1 Å². The van der Waals surface area contributed by atoms with E-state index in [0.29, 0.717) is 6.54 Å². The summed E-state index contributed by atoms with van der Waals surface area (Å²) in [6.07, 6.45) is 0.474. The summed E-state index contributed by atoms with van der Waals surface area (Å²) in [5.41, 5.74) is 4.13. The molecule has 2 aromatic carbocycles. The van der Waals surface area contributed by atoms with Gasteiger partial charge < -0.3 is 43.8 Å². The molecule has 0 aromatic heterocycles. The van der Waals surface area contributed by atoms with E-state index in [4.69, 9.17) is 33.2 Å². The molecule has 0 spiro atoms. The van der Waals surface area contributed by atoms with Crippen LogP contribution in [0.5, 0.6) is 0 Å². The molecule has 0 radical (unpaired) electrons. The molecule has 15 heteroatoms. The first kappa shape index (κ1) is 44.7. The first-order chi connectivity index (χ1) is 27.4. The molecule has 1 saturated heterocycles. The van der Waals surface area contributed by atoms with Crippen LogP contribution in [-0.2, 0) is 57.1 Å². The van der Waals surface area contributed by atoms with Crippen LogP contribution in [0.4, 0.5) is 4.79 Å². The number of esters is 4. The van der Waals surface area contributed by atoms with E-state index in [9.17, 15) is 28.8 Å². The van der Waals surface area contributed by atoms with Gasteiger partial charge >= 0.3 is 30.0 Å². The van der Waals surface area contributed by atoms with Gasteiger partial charge in [-0.2, -0.15) is 0 Å². The van der Waals surface area contributed by atoms with E-state index in [2.05, 4.69) is 17.6 Å². The van der Waals surface area contributed by atoms with E-state index in [-0.39, 0.29) is 12.5 Å². The third kappa shape index (κ3) is 13.6. The highest BCUT2D eigenvalue weighted by atomic mass is 16.7. The van der Waals surface area contributed by atoms with Crippen LogP contribution >= 0.6 is 0 Å². The van der Waals surface area contributed by atoms with Gasteiger partial charge in [0.05, 0.1) is 6.61 Å². The zero-order valence-electron chi connectivity index (χ0n) is 33.5. The minimum Gasteiger partial charge on any atom is -0.463 e. The quantitative estimate of drug-likeness (QED) is 0.0947. The van der Waals surface area contributed by atoms with Crippen LogP contribution in [-0.4, -0.2) is 99.0 Å². The molecule has 15 nitrogen and oxygen atoms in total. The number of fused-ring (bicyclic) bond motifs is 3. The standard InChI is InChI=1S/C42H56N2O13/c1-6-7-8-9-10-11-12-17-22-43-40(49)35(44-42(50)53-23-34-32-20-15-13-18-30(32)31-19-14-16-21-33(31)34)24-52-41-39(56-29(5)48)38(55-28(4)47)37(54-27(3)46)36(57-41)25-51-26(2)45/h13-16,18-21,34-39,41H,6-12,17,22-25H2,1-5H3,(H,43,49)(H,44,50)/t35-,36+,37-,38-,39+,41-/m0/s1. The normalized spacial score (nSPS) is 20.3. The van der Waals surface area contributed by atoms with Gasteiger partial charge in [-0.15, -0.1) is 0 Å². The van der Waals surface area contributed by atoms with Gasteiger partial charge in [-0.1, -0.05) is 100 Å². The number of unbranched alkanes of at least 4 members (excludes halogenated alkanes) is 7. The van der Waals surface area contributed by atoms with Gasteiger partial charge in [0.25, 0.3) is 0 Å². The maximum atomic E-state index is 13.7. The van der Waals surface area contributed by atoms with Gasteiger partial charge in [-0.25, -0.2) is 4.79 Å². The Balaban J connectivity index is 1.50. The molecule has 1 fully saturated rings. The summed E-state index contributed by atoms with van der Waals surface area (Å²) >= 11 is 0. The van der Waals surface area contributed by atoms with Crippen LogP contribution in [0.2, 0.25) is 0 Å². The Morgan fingerprint density at radius 1 is 0.649 bits per heavy atom. The number of alkyl carbamates (subject to hydrolysis) is 1. The van der Waals surface area contributed by atoms with Crippen molar-refractivity contribution in [3.63, 3.8) is 0 Å². The molecule has 2 N–H and O–H groups in total. The Labute approximate surface area is 333 Å². The molecule has 1 heterocycles. The fourth-order valence-corrected chi connectivity index (χ4v) is 7.07. The van der Waals surface area contributed by atoms with Crippen molar-refractivity contribution in [1.29, 1.82) is 0 Å². The van der Waals surface area contributed by atoms with Crippen LogP contribution in [0, 0.1) is 0 Å². The topological polar surface area (TPSA) is 191 Å². The zero-order valence-corrected chi connectivity index (χ0v) is 33.5. The number of carbonyl (C=O) groups is 6. The largest absolute Gasteiger partial charge is 0.463 e. The zero-order chi connectivity index (χ0) is 41.3. The first-order valence-electron chi connectivity index (χ1n) is 19.7. The lowest BCUT2D eigenvalue weighted by Gasteiger charge is -2.44. The Morgan fingerprint density at radius 3 is 1.77 bits per heavy atom. The Bertz CT molecular complexity index is 1640. The number of rotatable bonds is 21. The van der Waals surface area contributed by atoms with Crippen molar-refractivity contribution in [2.24, 2.45) is 0 Å². The summed E-state index contributed by atoms with van der Waals surface area (Å²) in [6.45, 7) is 6.01. The second-order valence-corrected chi connectivity index (χ2v) is 14.2. The molecule has 312 valence electrons. The van der Waals surface area contributed by atoms with E-state index >= 15 is 0 Å². The lowest BCUT2D eigenvalue weighted by molar-refractivity contribution is -0.308. The second kappa shape index (κ2) is 22.7. The SMILES string of the molecule is CCCCCCCCCCNC(=O)[C@H](CO[C@H]1O[C@H](COC(C)=O)[C@H](OC(C)=O)[C@H](OC(C)=O)[C@H]1OC(C)=O)NC(=O)OCC1c2ccccc2-c2ccccc21. The highest BCUT2D eigenvalue weighted by Gasteiger charge is 2.53. The molecular formula is C42H56N2O13. The smallest absolute Gasteiger partial charge is 0.407 e. The van der Waals surface area contributed by atoms with Crippen molar-refractivity contribution in [3.8, 4) is 11.1 Å². The van der Waals surface area contributed by atoms with E-state index in [1.165, 1.54) is 25.7 Å². The molecule has 4 rings (SSSR count).